The van der Waals surface area contributed by atoms with Crippen LogP contribution in [0.1, 0.15) is 6.92 Å². The second-order valence-electron chi connectivity index (χ2n) is 4.52. The summed E-state index contributed by atoms with van der Waals surface area (Å²) in [5.41, 5.74) is 1.14. The van der Waals surface area contributed by atoms with Crippen LogP contribution in [-0.2, 0) is 0 Å². The molecule has 1 aliphatic rings. The molecule has 0 aromatic heterocycles. The van der Waals surface area contributed by atoms with Gasteiger partial charge in [0.15, 0.2) is 0 Å². The minimum Gasteiger partial charge on any atom is -0.383 e. The zero-order valence-corrected chi connectivity index (χ0v) is 11.0. The Morgan fingerprint density at radius 2 is 1.94 bits per heavy atom. The highest BCUT2D eigenvalue weighted by Crippen LogP contribution is 2.13. The van der Waals surface area contributed by atoms with Gasteiger partial charge in [0.25, 0.3) is 0 Å². The van der Waals surface area contributed by atoms with Crippen molar-refractivity contribution in [3.8, 4) is 0 Å². The van der Waals surface area contributed by atoms with E-state index in [1.165, 1.54) is 0 Å². The maximum atomic E-state index is 5.85. The Bertz CT molecular complexity index is 333. The fourth-order valence-corrected chi connectivity index (χ4v) is 2.21. The molecule has 1 aromatic rings. The number of nitrogens with zero attached hydrogens (tertiary/aromatic N) is 1. The van der Waals surface area contributed by atoms with Gasteiger partial charge in [-0.15, -0.1) is 0 Å². The molecule has 1 unspecified atom stereocenters. The van der Waals surface area contributed by atoms with Crippen molar-refractivity contribution in [1.82, 2.24) is 10.2 Å². The Morgan fingerprint density at radius 1 is 1.29 bits per heavy atom. The van der Waals surface area contributed by atoms with E-state index in [2.05, 4.69) is 22.5 Å². The van der Waals surface area contributed by atoms with Gasteiger partial charge < -0.3 is 10.6 Å². The van der Waals surface area contributed by atoms with Crippen LogP contribution >= 0.6 is 11.6 Å². The van der Waals surface area contributed by atoms with E-state index in [1.807, 2.05) is 24.3 Å². The molecule has 1 aromatic carbocycles. The summed E-state index contributed by atoms with van der Waals surface area (Å²) in [4.78, 5) is 2.51. The maximum absolute atomic E-state index is 5.85. The van der Waals surface area contributed by atoms with Gasteiger partial charge in [-0.3, -0.25) is 4.90 Å². The van der Waals surface area contributed by atoms with E-state index < -0.39 is 0 Å². The molecule has 0 bridgehead atoms. The van der Waals surface area contributed by atoms with Crippen LogP contribution in [0.25, 0.3) is 0 Å². The molecule has 0 amide bonds. The molecule has 1 atom stereocenters. The van der Waals surface area contributed by atoms with Gasteiger partial charge in [0.1, 0.15) is 0 Å². The number of piperazine rings is 1. The third kappa shape index (κ3) is 3.87. The second kappa shape index (κ2) is 6.24. The lowest BCUT2D eigenvalue weighted by Gasteiger charge is -2.33. The molecule has 3 nitrogen and oxygen atoms in total. The van der Waals surface area contributed by atoms with E-state index in [-0.39, 0.29) is 0 Å². The normalized spacial score (nSPS) is 18.9. The first-order chi connectivity index (χ1) is 8.25. The average Bonchev–Trinajstić information content (AvgIpc) is 2.39. The van der Waals surface area contributed by atoms with Crippen LogP contribution in [0, 0.1) is 0 Å². The fraction of sp³-hybridized carbons (Fsp3) is 0.538. The molecule has 1 aliphatic heterocycles. The molecule has 17 heavy (non-hydrogen) atoms. The number of halogens is 1. The van der Waals surface area contributed by atoms with E-state index in [1.54, 1.807) is 0 Å². The topological polar surface area (TPSA) is 27.3 Å². The van der Waals surface area contributed by atoms with E-state index in [0.29, 0.717) is 6.04 Å². The summed E-state index contributed by atoms with van der Waals surface area (Å²) in [6.45, 7) is 7.74. The first kappa shape index (κ1) is 12.7. The van der Waals surface area contributed by atoms with E-state index >= 15 is 0 Å². The minimum atomic E-state index is 0.563. The molecule has 1 fully saturated rings. The first-order valence-electron chi connectivity index (χ1n) is 6.20. The van der Waals surface area contributed by atoms with Crippen LogP contribution in [0.4, 0.5) is 5.69 Å². The maximum Gasteiger partial charge on any atom is 0.0407 e. The number of hydrogen-bond donors (Lipinski definition) is 2. The standard InChI is InChI=1S/C13H20ClN3/c1-11(17-8-6-15-7-9-17)10-16-13-4-2-12(14)3-5-13/h2-5,11,15-16H,6-10H2,1H3. The third-order valence-electron chi connectivity index (χ3n) is 3.22. The van der Waals surface area contributed by atoms with Crippen molar-refractivity contribution in [2.45, 2.75) is 13.0 Å². The molecular weight excluding hydrogens is 234 g/mol. The molecule has 4 heteroatoms. The SMILES string of the molecule is CC(CNc1ccc(Cl)cc1)N1CCNCC1. The van der Waals surface area contributed by atoms with Gasteiger partial charge in [-0.1, -0.05) is 11.6 Å². The smallest absolute Gasteiger partial charge is 0.0407 e. The summed E-state index contributed by atoms with van der Waals surface area (Å²) in [6.07, 6.45) is 0. The monoisotopic (exact) mass is 253 g/mol. The van der Waals surface area contributed by atoms with Gasteiger partial charge in [0.05, 0.1) is 0 Å². The summed E-state index contributed by atoms with van der Waals surface area (Å²) >= 11 is 5.85. The lowest BCUT2D eigenvalue weighted by atomic mass is 10.2. The number of benzene rings is 1. The summed E-state index contributed by atoms with van der Waals surface area (Å²) in [5, 5.41) is 7.60. The first-order valence-corrected chi connectivity index (χ1v) is 6.58. The third-order valence-corrected chi connectivity index (χ3v) is 3.47. The van der Waals surface area contributed by atoms with Gasteiger partial charge in [0, 0.05) is 49.5 Å². The summed E-state index contributed by atoms with van der Waals surface area (Å²) in [7, 11) is 0. The van der Waals surface area contributed by atoms with Crippen LogP contribution in [0.3, 0.4) is 0 Å². The van der Waals surface area contributed by atoms with E-state index in [0.717, 1.165) is 43.4 Å². The van der Waals surface area contributed by atoms with Crippen LogP contribution in [-0.4, -0.2) is 43.7 Å². The molecule has 2 rings (SSSR count). The number of anilines is 1. The highest BCUT2D eigenvalue weighted by atomic mass is 35.5. The van der Waals surface area contributed by atoms with Crippen LogP contribution < -0.4 is 10.6 Å². The predicted octanol–water partition coefficient (Wildman–Crippen LogP) is 2.05. The highest BCUT2D eigenvalue weighted by molar-refractivity contribution is 6.30. The largest absolute Gasteiger partial charge is 0.383 e. The number of rotatable bonds is 4. The number of hydrogen-bond acceptors (Lipinski definition) is 3. The van der Waals surface area contributed by atoms with Crippen molar-refractivity contribution in [1.29, 1.82) is 0 Å². The number of nitrogens with one attached hydrogen (secondary N) is 2. The Labute approximate surface area is 108 Å². The van der Waals surface area contributed by atoms with E-state index in [4.69, 9.17) is 11.6 Å². The van der Waals surface area contributed by atoms with Crippen molar-refractivity contribution < 1.29 is 0 Å². The molecule has 1 heterocycles. The lowest BCUT2D eigenvalue weighted by Crippen LogP contribution is -2.49. The van der Waals surface area contributed by atoms with Crippen LogP contribution in [0.15, 0.2) is 24.3 Å². The van der Waals surface area contributed by atoms with Gasteiger partial charge in [-0.25, -0.2) is 0 Å². The van der Waals surface area contributed by atoms with Crippen molar-refractivity contribution >= 4 is 17.3 Å². The fourth-order valence-electron chi connectivity index (χ4n) is 2.09. The molecule has 2 N–H and O–H groups in total. The van der Waals surface area contributed by atoms with Gasteiger partial charge in [0.2, 0.25) is 0 Å². The van der Waals surface area contributed by atoms with Crippen molar-refractivity contribution in [3.63, 3.8) is 0 Å². The zero-order chi connectivity index (χ0) is 12.1. The summed E-state index contributed by atoms with van der Waals surface area (Å²) in [6, 6.07) is 8.44. The quantitative estimate of drug-likeness (QED) is 0.860. The van der Waals surface area contributed by atoms with E-state index in [9.17, 15) is 0 Å². The Hall–Kier alpha value is -0.770. The molecular formula is C13H20ClN3. The Balaban J connectivity index is 1.78. The second-order valence-corrected chi connectivity index (χ2v) is 4.96. The van der Waals surface area contributed by atoms with Gasteiger partial charge >= 0.3 is 0 Å². The molecule has 0 saturated carbocycles. The molecule has 94 valence electrons. The van der Waals surface area contributed by atoms with Crippen molar-refractivity contribution in [2.24, 2.45) is 0 Å². The molecule has 0 spiro atoms. The Morgan fingerprint density at radius 3 is 2.59 bits per heavy atom. The van der Waals surface area contributed by atoms with Crippen molar-refractivity contribution in [3.05, 3.63) is 29.3 Å². The van der Waals surface area contributed by atoms with Crippen molar-refractivity contribution in [2.75, 3.05) is 38.0 Å². The zero-order valence-electron chi connectivity index (χ0n) is 10.2. The predicted molar refractivity (Wildman–Crippen MR) is 73.8 cm³/mol. The summed E-state index contributed by atoms with van der Waals surface area (Å²) < 4.78 is 0. The minimum absolute atomic E-state index is 0.563. The summed E-state index contributed by atoms with van der Waals surface area (Å²) in [5.74, 6) is 0. The van der Waals surface area contributed by atoms with Gasteiger partial charge in [-0.05, 0) is 31.2 Å². The molecule has 0 aliphatic carbocycles. The average molecular weight is 254 g/mol. The highest BCUT2D eigenvalue weighted by Gasteiger charge is 2.15. The lowest BCUT2D eigenvalue weighted by molar-refractivity contribution is 0.191. The van der Waals surface area contributed by atoms with Crippen LogP contribution in [0.5, 0.6) is 0 Å². The van der Waals surface area contributed by atoms with Crippen LogP contribution in [0.2, 0.25) is 5.02 Å². The Kier molecular flexibility index (Phi) is 4.66. The molecule has 0 radical (unpaired) electrons. The molecule has 1 saturated heterocycles. The van der Waals surface area contributed by atoms with Gasteiger partial charge in [-0.2, -0.15) is 0 Å².